The van der Waals surface area contributed by atoms with Gasteiger partial charge in [-0.2, -0.15) is 0 Å². The van der Waals surface area contributed by atoms with Crippen molar-refractivity contribution in [1.29, 1.82) is 0 Å². The molecule has 0 unspecified atom stereocenters. The summed E-state index contributed by atoms with van der Waals surface area (Å²) in [6, 6.07) is 6.43. The Balaban J connectivity index is 1.89. The van der Waals surface area contributed by atoms with Crippen molar-refractivity contribution in [3.63, 3.8) is 0 Å². The number of aromatic amines is 1. The van der Waals surface area contributed by atoms with Crippen LogP contribution in [0.2, 0.25) is 0 Å². The highest BCUT2D eigenvalue weighted by molar-refractivity contribution is 7.09. The molecule has 23 heavy (non-hydrogen) atoms. The van der Waals surface area contributed by atoms with Crippen LogP contribution in [-0.2, 0) is 6.54 Å². The molecule has 7 heteroatoms. The van der Waals surface area contributed by atoms with Crippen LogP contribution in [0.3, 0.4) is 0 Å². The van der Waals surface area contributed by atoms with Crippen molar-refractivity contribution < 1.29 is 4.92 Å². The molecule has 3 rings (SSSR count). The van der Waals surface area contributed by atoms with Gasteiger partial charge in [-0.25, -0.2) is 0 Å². The van der Waals surface area contributed by atoms with Crippen molar-refractivity contribution in [2.45, 2.75) is 32.2 Å². The van der Waals surface area contributed by atoms with Crippen LogP contribution in [0, 0.1) is 10.1 Å². The topological polar surface area (TPSA) is 79.2 Å². The summed E-state index contributed by atoms with van der Waals surface area (Å²) in [4.78, 5) is 28.4. The quantitative estimate of drug-likeness (QED) is 0.687. The van der Waals surface area contributed by atoms with E-state index in [-0.39, 0.29) is 10.6 Å². The van der Waals surface area contributed by atoms with Gasteiger partial charge < -0.3 is 4.98 Å². The number of aromatic nitrogens is 1. The van der Waals surface area contributed by atoms with E-state index in [1.165, 1.54) is 49.2 Å². The lowest BCUT2D eigenvalue weighted by molar-refractivity contribution is -0.384. The molecule has 1 N–H and O–H groups in total. The maximum Gasteiger partial charge on any atom is 0.305 e. The van der Waals surface area contributed by atoms with Gasteiger partial charge in [0.15, 0.2) is 0 Å². The largest absolute Gasteiger partial charge is 0.312 e. The van der Waals surface area contributed by atoms with Crippen LogP contribution in [0.1, 0.15) is 30.6 Å². The molecule has 1 fully saturated rings. The summed E-state index contributed by atoms with van der Waals surface area (Å²) in [6.07, 6.45) is 4.89. The predicted octanol–water partition coefficient (Wildman–Crippen LogP) is 3.39. The molecule has 2 heterocycles. The van der Waals surface area contributed by atoms with Gasteiger partial charge in [0.2, 0.25) is 0 Å². The van der Waals surface area contributed by atoms with E-state index in [1.807, 2.05) is 0 Å². The Kier molecular flexibility index (Phi) is 4.88. The zero-order chi connectivity index (χ0) is 16.2. The lowest BCUT2D eigenvalue weighted by Gasteiger charge is -2.19. The zero-order valence-corrected chi connectivity index (χ0v) is 13.6. The van der Waals surface area contributed by atoms with Crippen molar-refractivity contribution in [3.8, 4) is 11.3 Å². The molecule has 0 saturated carbocycles. The molecule has 1 aliphatic rings. The van der Waals surface area contributed by atoms with Gasteiger partial charge in [0.05, 0.1) is 10.6 Å². The molecule has 0 radical (unpaired) electrons. The van der Waals surface area contributed by atoms with E-state index >= 15 is 0 Å². The smallest absolute Gasteiger partial charge is 0.305 e. The first-order valence-electron chi connectivity index (χ1n) is 7.82. The van der Waals surface area contributed by atoms with E-state index in [0.717, 1.165) is 24.5 Å². The number of hydrogen-bond acceptors (Lipinski definition) is 5. The molecule has 1 aromatic carbocycles. The fourth-order valence-electron chi connectivity index (χ4n) is 2.98. The van der Waals surface area contributed by atoms with Gasteiger partial charge in [0, 0.05) is 29.1 Å². The molecular weight excluding hydrogens is 314 g/mol. The number of non-ortho nitro benzene ring substituents is 1. The van der Waals surface area contributed by atoms with Crippen molar-refractivity contribution in [2.75, 3.05) is 13.1 Å². The molecular formula is C16H19N3O3S. The van der Waals surface area contributed by atoms with Crippen molar-refractivity contribution in [3.05, 3.63) is 48.9 Å². The Morgan fingerprint density at radius 2 is 1.96 bits per heavy atom. The molecule has 0 atom stereocenters. The second-order valence-electron chi connectivity index (χ2n) is 5.81. The first kappa shape index (κ1) is 15.9. The summed E-state index contributed by atoms with van der Waals surface area (Å²) in [6.45, 7) is 2.81. The number of nitrogens with one attached hydrogen (secondary N) is 1. The van der Waals surface area contributed by atoms with E-state index in [0.29, 0.717) is 11.3 Å². The molecule has 0 amide bonds. The Labute approximate surface area is 137 Å². The molecule has 1 saturated heterocycles. The summed E-state index contributed by atoms with van der Waals surface area (Å²) in [7, 11) is 0. The number of nitrogens with zero attached hydrogens (tertiary/aromatic N) is 2. The van der Waals surface area contributed by atoms with E-state index < -0.39 is 4.92 Å². The Hall–Kier alpha value is -1.99. The third-order valence-corrected chi connectivity index (χ3v) is 5.00. The normalized spacial score (nSPS) is 16.2. The number of benzene rings is 1. The molecule has 1 aliphatic heterocycles. The highest BCUT2D eigenvalue weighted by Gasteiger charge is 2.17. The van der Waals surface area contributed by atoms with Gasteiger partial charge in [-0.1, -0.05) is 36.3 Å². The first-order valence-corrected chi connectivity index (χ1v) is 8.64. The third-order valence-electron chi connectivity index (χ3n) is 4.13. The second-order valence-corrected chi connectivity index (χ2v) is 6.88. The molecule has 1 aromatic heterocycles. The van der Waals surface area contributed by atoms with Gasteiger partial charge in [-0.3, -0.25) is 19.8 Å². The molecule has 2 aromatic rings. The van der Waals surface area contributed by atoms with E-state index in [4.69, 9.17) is 0 Å². The van der Waals surface area contributed by atoms with Gasteiger partial charge in [-0.05, 0) is 25.9 Å². The number of nitro benzene ring substituents is 1. The summed E-state index contributed by atoms with van der Waals surface area (Å²) in [5, 5.41) is 11.0. The maximum absolute atomic E-state index is 11.8. The minimum Gasteiger partial charge on any atom is -0.312 e. The van der Waals surface area contributed by atoms with Crippen LogP contribution in [-0.4, -0.2) is 27.9 Å². The maximum atomic E-state index is 11.8. The summed E-state index contributed by atoms with van der Waals surface area (Å²) in [5.41, 5.74) is 1.45. The molecule has 6 nitrogen and oxygen atoms in total. The van der Waals surface area contributed by atoms with Gasteiger partial charge in [-0.15, -0.1) is 0 Å². The third kappa shape index (κ3) is 3.86. The zero-order valence-electron chi connectivity index (χ0n) is 12.8. The van der Waals surface area contributed by atoms with E-state index in [9.17, 15) is 14.9 Å². The van der Waals surface area contributed by atoms with E-state index in [2.05, 4.69) is 9.88 Å². The number of H-pyrrole nitrogens is 1. The van der Waals surface area contributed by atoms with Crippen molar-refractivity contribution in [1.82, 2.24) is 9.88 Å². The van der Waals surface area contributed by atoms with Gasteiger partial charge >= 0.3 is 4.87 Å². The van der Waals surface area contributed by atoms with Crippen molar-refractivity contribution >= 4 is 17.0 Å². The average molecular weight is 333 g/mol. The Morgan fingerprint density at radius 3 is 2.65 bits per heavy atom. The standard InChI is InChI=1S/C16H19N3O3S/c20-16-17-15(12-6-5-7-13(10-12)19(21)22)14(23-16)11-18-8-3-1-2-4-9-18/h5-7,10H,1-4,8-9,11H2,(H,17,20). The number of thiazole rings is 1. The highest BCUT2D eigenvalue weighted by atomic mass is 32.1. The van der Waals surface area contributed by atoms with Crippen LogP contribution in [0.15, 0.2) is 29.1 Å². The Morgan fingerprint density at radius 1 is 1.22 bits per heavy atom. The number of hydrogen-bond donors (Lipinski definition) is 1. The average Bonchev–Trinajstić information content (AvgIpc) is 2.73. The predicted molar refractivity (Wildman–Crippen MR) is 90.8 cm³/mol. The fraction of sp³-hybridized carbons (Fsp3) is 0.438. The van der Waals surface area contributed by atoms with Gasteiger partial charge in [0.25, 0.3) is 5.69 Å². The monoisotopic (exact) mass is 333 g/mol. The van der Waals surface area contributed by atoms with Gasteiger partial charge in [0.1, 0.15) is 0 Å². The van der Waals surface area contributed by atoms with Crippen LogP contribution in [0.4, 0.5) is 5.69 Å². The lowest BCUT2D eigenvalue weighted by atomic mass is 10.1. The molecule has 0 aliphatic carbocycles. The van der Waals surface area contributed by atoms with E-state index in [1.54, 1.807) is 12.1 Å². The minimum absolute atomic E-state index is 0.0373. The van der Waals surface area contributed by atoms with Crippen LogP contribution >= 0.6 is 11.3 Å². The molecule has 0 bridgehead atoms. The summed E-state index contributed by atoms with van der Waals surface area (Å²) < 4.78 is 0. The number of nitro groups is 1. The number of likely N-dealkylation sites (tertiary alicyclic amines) is 1. The summed E-state index contributed by atoms with van der Waals surface area (Å²) in [5.74, 6) is 0. The molecule has 122 valence electrons. The first-order chi connectivity index (χ1) is 11.1. The summed E-state index contributed by atoms with van der Waals surface area (Å²) >= 11 is 1.20. The van der Waals surface area contributed by atoms with Crippen LogP contribution in [0.5, 0.6) is 0 Å². The van der Waals surface area contributed by atoms with Crippen LogP contribution in [0.25, 0.3) is 11.3 Å². The SMILES string of the molecule is O=c1[nH]c(-c2cccc([N+](=O)[O-])c2)c(CN2CCCCCC2)s1. The Bertz CT molecular complexity index is 745. The minimum atomic E-state index is -0.414. The fourth-order valence-corrected chi connectivity index (χ4v) is 3.87. The second kappa shape index (κ2) is 7.06. The highest BCUT2D eigenvalue weighted by Crippen LogP contribution is 2.28. The van der Waals surface area contributed by atoms with Crippen molar-refractivity contribution in [2.24, 2.45) is 0 Å². The lowest BCUT2D eigenvalue weighted by Crippen LogP contribution is -2.23. The number of rotatable bonds is 4. The molecule has 0 spiro atoms. The van der Waals surface area contributed by atoms with Crippen LogP contribution < -0.4 is 4.87 Å².